The van der Waals surface area contributed by atoms with E-state index in [-0.39, 0.29) is 6.04 Å². The molecule has 1 fully saturated rings. The third kappa shape index (κ3) is 2.85. The monoisotopic (exact) mass is 269 g/mol. The third-order valence-electron chi connectivity index (χ3n) is 4.49. The summed E-state index contributed by atoms with van der Waals surface area (Å²) in [5.74, 6) is 0.292. The van der Waals surface area contributed by atoms with Gasteiger partial charge in [0.1, 0.15) is 0 Å². The highest BCUT2D eigenvalue weighted by atomic mass is 16.1. The van der Waals surface area contributed by atoms with Crippen molar-refractivity contribution in [2.75, 3.05) is 13.1 Å². The van der Waals surface area contributed by atoms with Gasteiger partial charge in [0.05, 0.1) is 6.04 Å². The second kappa shape index (κ2) is 6.36. The summed E-state index contributed by atoms with van der Waals surface area (Å²) in [5.41, 5.74) is 2.22. The van der Waals surface area contributed by atoms with Crippen LogP contribution in [0.25, 0.3) is 0 Å². The van der Waals surface area contributed by atoms with E-state index in [1.165, 1.54) is 31.3 Å². The second-order valence-corrected chi connectivity index (χ2v) is 5.90. The van der Waals surface area contributed by atoms with Crippen LogP contribution in [0.4, 0.5) is 0 Å². The second-order valence-electron chi connectivity index (χ2n) is 5.90. The number of carbonyl (C=O) groups excluding carboxylic acids is 1. The van der Waals surface area contributed by atoms with Crippen molar-refractivity contribution in [3.63, 3.8) is 0 Å². The minimum atomic E-state index is 0.000185. The molecule has 1 atom stereocenters. The Labute approximate surface area is 121 Å². The van der Waals surface area contributed by atoms with Gasteiger partial charge in [0, 0.05) is 5.56 Å². The van der Waals surface area contributed by atoms with Gasteiger partial charge in [-0.05, 0) is 57.2 Å². The molecule has 1 heterocycles. The van der Waals surface area contributed by atoms with E-state index in [0.29, 0.717) is 5.78 Å². The molecule has 3 rings (SSSR count). The summed E-state index contributed by atoms with van der Waals surface area (Å²) in [6.07, 6.45) is 9.53. The van der Waals surface area contributed by atoms with E-state index < -0.39 is 0 Å². The molecule has 2 aliphatic rings. The van der Waals surface area contributed by atoms with Gasteiger partial charge in [-0.25, -0.2) is 0 Å². The number of Topliss-reactive ketones (excluding diaryl/α,β-unsaturated/α-hetero) is 1. The first-order valence-corrected chi connectivity index (χ1v) is 7.88. The Morgan fingerprint density at radius 3 is 2.40 bits per heavy atom. The SMILES string of the molecule is O=C(c1ccccc1)C(C1=CCCCC1)N1CCCC1. The summed E-state index contributed by atoms with van der Waals surface area (Å²) >= 11 is 0. The number of carbonyl (C=O) groups is 1. The summed E-state index contributed by atoms with van der Waals surface area (Å²) in [6.45, 7) is 2.14. The number of hydrogen-bond acceptors (Lipinski definition) is 2. The number of hydrogen-bond donors (Lipinski definition) is 0. The van der Waals surface area contributed by atoms with E-state index in [0.717, 1.165) is 31.5 Å². The van der Waals surface area contributed by atoms with Gasteiger partial charge in [0.15, 0.2) is 5.78 Å². The lowest BCUT2D eigenvalue weighted by molar-refractivity contribution is 0.0878. The molecule has 106 valence electrons. The fourth-order valence-corrected chi connectivity index (χ4v) is 3.44. The zero-order valence-corrected chi connectivity index (χ0v) is 12.1. The van der Waals surface area contributed by atoms with Gasteiger partial charge in [-0.15, -0.1) is 0 Å². The number of likely N-dealkylation sites (tertiary alicyclic amines) is 1. The van der Waals surface area contributed by atoms with Crippen LogP contribution in [0.5, 0.6) is 0 Å². The maximum absolute atomic E-state index is 12.9. The Morgan fingerprint density at radius 2 is 1.75 bits per heavy atom. The van der Waals surface area contributed by atoms with E-state index in [1.807, 2.05) is 30.3 Å². The van der Waals surface area contributed by atoms with E-state index in [2.05, 4.69) is 11.0 Å². The number of nitrogens with zero attached hydrogens (tertiary/aromatic N) is 1. The molecule has 0 radical (unpaired) electrons. The van der Waals surface area contributed by atoms with Gasteiger partial charge in [-0.1, -0.05) is 36.4 Å². The average molecular weight is 269 g/mol. The quantitative estimate of drug-likeness (QED) is 0.611. The molecule has 0 amide bonds. The third-order valence-corrected chi connectivity index (χ3v) is 4.49. The minimum absolute atomic E-state index is 0.000185. The number of ketones is 1. The van der Waals surface area contributed by atoms with E-state index in [4.69, 9.17) is 0 Å². The number of rotatable bonds is 4. The maximum Gasteiger partial charge on any atom is 0.184 e. The molecule has 1 aliphatic heterocycles. The predicted octanol–water partition coefficient (Wildman–Crippen LogP) is 3.83. The van der Waals surface area contributed by atoms with Gasteiger partial charge in [0.2, 0.25) is 0 Å². The van der Waals surface area contributed by atoms with Crippen LogP contribution in [0.1, 0.15) is 48.9 Å². The first kappa shape index (κ1) is 13.6. The fraction of sp³-hybridized carbons (Fsp3) is 0.500. The van der Waals surface area contributed by atoms with Gasteiger partial charge >= 0.3 is 0 Å². The molecular weight excluding hydrogens is 246 g/mol. The molecule has 1 aliphatic carbocycles. The summed E-state index contributed by atoms with van der Waals surface area (Å²) in [5, 5.41) is 0. The molecular formula is C18H23NO. The van der Waals surface area contributed by atoms with Gasteiger partial charge in [-0.3, -0.25) is 9.69 Å². The van der Waals surface area contributed by atoms with Crippen LogP contribution in [-0.2, 0) is 0 Å². The molecule has 0 saturated carbocycles. The lowest BCUT2D eigenvalue weighted by atomic mass is 9.88. The van der Waals surface area contributed by atoms with Crippen molar-refractivity contribution in [2.45, 2.75) is 44.6 Å². The lowest BCUT2D eigenvalue weighted by Gasteiger charge is -2.30. The predicted molar refractivity (Wildman–Crippen MR) is 81.9 cm³/mol. The summed E-state index contributed by atoms with van der Waals surface area (Å²) in [6, 6.07) is 9.80. The van der Waals surface area contributed by atoms with Crippen molar-refractivity contribution >= 4 is 5.78 Å². The summed E-state index contributed by atoms with van der Waals surface area (Å²) < 4.78 is 0. The lowest BCUT2D eigenvalue weighted by Crippen LogP contribution is -2.41. The van der Waals surface area contributed by atoms with Crippen molar-refractivity contribution in [3.8, 4) is 0 Å². The summed E-state index contributed by atoms with van der Waals surface area (Å²) in [4.78, 5) is 15.3. The van der Waals surface area contributed by atoms with Crippen LogP contribution in [0.3, 0.4) is 0 Å². The molecule has 0 spiro atoms. The van der Waals surface area contributed by atoms with Gasteiger partial charge in [0.25, 0.3) is 0 Å². The van der Waals surface area contributed by atoms with Gasteiger partial charge in [-0.2, -0.15) is 0 Å². The molecule has 2 heteroatoms. The Hall–Kier alpha value is -1.41. The van der Waals surface area contributed by atoms with Crippen LogP contribution < -0.4 is 0 Å². The van der Waals surface area contributed by atoms with E-state index in [1.54, 1.807) is 0 Å². The summed E-state index contributed by atoms with van der Waals surface area (Å²) in [7, 11) is 0. The molecule has 0 N–H and O–H groups in total. The molecule has 1 unspecified atom stereocenters. The number of benzene rings is 1. The topological polar surface area (TPSA) is 20.3 Å². The Bertz CT molecular complexity index is 485. The molecule has 0 bridgehead atoms. The number of allylic oxidation sites excluding steroid dienone is 1. The maximum atomic E-state index is 12.9. The van der Waals surface area contributed by atoms with Crippen LogP contribution in [0.15, 0.2) is 42.0 Å². The first-order chi connectivity index (χ1) is 9.86. The highest BCUT2D eigenvalue weighted by Gasteiger charge is 2.31. The highest BCUT2D eigenvalue weighted by molar-refractivity contribution is 6.02. The zero-order chi connectivity index (χ0) is 13.8. The largest absolute Gasteiger partial charge is 0.292 e. The molecule has 1 aromatic carbocycles. The standard InChI is InChI=1S/C18H23NO/c20-18(16-11-5-2-6-12-16)17(19-13-7-8-14-19)15-9-3-1-4-10-15/h2,5-6,9,11-12,17H,1,3-4,7-8,10,13-14H2. The molecule has 2 nitrogen and oxygen atoms in total. The Balaban J connectivity index is 1.88. The van der Waals surface area contributed by atoms with Crippen LogP contribution in [-0.4, -0.2) is 29.8 Å². The Morgan fingerprint density at radius 1 is 1.00 bits per heavy atom. The Kier molecular flexibility index (Phi) is 4.31. The van der Waals surface area contributed by atoms with Crippen molar-refractivity contribution < 1.29 is 4.79 Å². The van der Waals surface area contributed by atoms with Crippen molar-refractivity contribution in [2.24, 2.45) is 0 Å². The molecule has 0 aromatic heterocycles. The van der Waals surface area contributed by atoms with E-state index >= 15 is 0 Å². The first-order valence-electron chi connectivity index (χ1n) is 7.88. The van der Waals surface area contributed by atoms with E-state index in [9.17, 15) is 4.79 Å². The molecule has 20 heavy (non-hydrogen) atoms. The molecule has 1 saturated heterocycles. The molecule has 1 aromatic rings. The highest BCUT2D eigenvalue weighted by Crippen LogP contribution is 2.28. The normalized spacial score (nSPS) is 21.5. The average Bonchev–Trinajstić information content (AvgIpc) is 3.03. The van der Waals surface area contributed by atoms with Crippen LogP contribution >= 0.6 is 0 Å². The van der Waals surface area contributed by atoms with Crippen molar-refractivity contribution in [3.05, 3.63) is 47.5 Å². The minimum Gasteiger partial charge on any atom is -0.292 e. The fourth-order valence-electron chi connectivity index (χ4n) is 3.44. The smallest absolute Gasteiger partial charge is 0.184 e. The van der Waals surface area contributed by atoms with Crippen LogP contribution in [0.2, 0.25) is 0 Å². The van der Waals surface area contributed by atoms with Crippen molar-refractivity contribution in [1.29, 1.82) is 0 Å². The van der Waals surface area contributed by atoms with Crippen LogP contribution in [0, 0.1) is 0 Å². The van der Waals surface area contributed by atoms with Crippen molar-refractivity contribution in [1.82, 2.24) is 4.90 Å². The van der Waals surface area contributed by atoms with Gasteiger partial charge < -0.3 is 0 Å². The zero-order valence-electron chi connectivity index (χ0n) is 12.1.